The minimum atomic E-state index is -0.0371. The van der Waals surface area contributed by atoms with Gasteiger partial charge in [-0.25, -0.2) is 0 Å². The Kier molecular flexibility index (Phi) is 5.18. The second-order valence-corrected chi connectivity index (χ2v) is 6.70. The Balaban J connectivity index is 2.29. The quantitative estimate of drug-likeness (QED) is 0.746. The predicted molar refractivity (Wildman–Crippen MR) is 71.0 cm³/mol. The molecule has 0 radical (unpaired) electrons. The summed E-state index contributed by atoms with van der Waals surface area (Å²) >= 11 is 0. The molecule has 2 heteroatoms. The zero-order chi connectivity index (χ0) is 13.1. The lowest BCUT2D eigenvalue weighted by molar-refractivity contribution is -0.127. The van der Waals surface area contributed by atoms with E-state index in [1.807, 2.05) is 13.8 Å². The lowest BCUT2D eigenvalue weighted by atomic mass is 9.78. The van der Waals surface area contributed by atoms with Crippen molar-refractivity contribution in [3.05, 3.63) is 0 Å². The summed E-state index contributed by atoms with van der Waals surface area (Å²) in [6.07, 6.45) is 4.43. The highest BCUT2D eigenvalue weighted by Crippen LogP contribution is 2.31. The molecule has 0 heterocycles. The van der Waals surface area contributed by atoms with Gasteiger partial charge in [0.2, 0.25) is 0 Å². The second-order valence-electron chi connectivity index (χ2n) is 6.70. The molecule has 0 aromatic heterocycles. The molecule has 1 saturated carbocycles. The largest absolute Gasteiger partial charge is 0.376 e. The maximum Gasteiger partial charge on any atom is 0.138 e. The summed E-state index contributed by atoms with van der Waals surface area (Å²) in [7, 11) is 0. The average molecular weight is 240 g/mol. The minimum absolute atomic E-state index is 0.0371. The molecule has 0 aromatic carbocycles. The van der Waals surface area contributed by atoms with Gasteiger partial charge in [-0.1, -0.05) is 13.8 Å². The molecule has 0 aromatic rings. The fraction of sp³-hybridized carbons (Fsp3) is 0.933. The van der Waals surface area contributed by atoms with Crippen LogP contribution in [0, 0.1) is 17.8 Å². The number of carbonyl (C=O) groups excluding carboxylic acids is 1. The van der Waals surface area contributed by atoms with Gasteiger partial charge in [0.05, 0.1) is 12.2 Å². The molecule has 1 fully saturated rings. The molecule has 0 bridgehead atoms. The Labute approximate surface area is 106 Å². The van der Waals surface area contributed by atoms with E-state index in [0.29, 0.717) is 17.6 Å². The van der Waals surface area contributed by atoms with Crippen molar-refractivity contribution in [2.45, 2.75) is 65.9 Å². The molecule has 0 aliphatic heterocycles. The molecule has 0 N–H and O–H groups in total. The topological polar surface area (TPSA) is 26.3 Å². The number of ketones is 1. The van der Waals surface area contributed by atoms with Gasteiger partial charge in [0.15, 0.2) is 0 Å². The fourth-order valence-corrected chi connectivity index (χ4v) is 2.45. The zero-order valence-corrected chi connectivity index (χ0v) is 12.1. The molecular weight excluding hydrogens is 212 g/mol. The smallest absolute Gasteiger partial charge is 0.138 e. The number of hydrogen-bond acceptors (Lipinski definition) is 2. The van der Waals surface area contributed by atoms with E-state index in [-0.39, 0.29) is 11.5 Å². The first kappa shape index (κ1) is 14.7. The van der Waals surface area contributed by atoms with Gasteiger partial charge in [-0.2, -0.15) is 0 Å². The SMILES string of the molecule is CC(C)C(=O)C1CCC(COC(C)(C)C)CC1. The highest BCUT2D eigenvalue weighted by molar-refractivity contribution is 5.82. The molecule has 2 nitrogen and oxygen atoms in total. The summed E-state index contributed by atoms with van der Waals surface area (Å²) in [6, 6.07) is 0. The number of rotatable bonds is 4. The lowest BCUT2D eigenvalue weighted by Crippen LogP contribution is -2.29. The Morgan fingerprint density at radius 1 is 1.18 bits per heavy atom. The van der Waals surface area contributed by atoms with E-state index in [1.54, 1.807) is 0 Å². The number of Topliss-reactive ketones (excluding diaryl/α,β-unsaturated/α-hetero) is 1. The van der Waals surface area contributed by atoms with Gasteiger partial charge < -0.3 is 4.74 Å². The maximum atomic E-state index is 11.9. The number of ether oxygens (including phenoxy) is 1. The van der Waals surface area contributed by atoms with Crippen LogP contribution in [0.25, 0.3) is 0 Å². The molecule has 0 atom stereocenters. The van der Waals surface area contributed by atoms with Gasteiger partial charge in [0.1, 0.15) is 5.78 Å². The first-order chi connectivity index (χ1) is 7.79. The van der Waals surface area contributed by atoms with Crippen LogP contribution in [0.5, 0.6) is 0 Å². The first-order valence-electron chi connectivity index (χ1n) is 6.97. The van der Waals surface area contributed by atoms with Gasteiger partial charge in [-0.3, -0.25) is 4.79 Å². The molecule has 17 heavy (non-hydrogen) atoms. The van der Waals surface area contributed by atoms with Crippen molar-refractivity contribution >= 4 is 5.78 Å². The molecule has 1 rings (SSSR count). The third-order valence-corrected chi connectivity index (χ3v) is 3.57. The Morgan fingerprint density at radius 3 is 2.12 bits per heavy atom. The summed E-state index contributed by atoms with van der Waals surface area (Å²) in [6.45, 7) is 11.2. The van der Waals surface area contributed by atoms with Crippen molar-refractivity contribution in [1.29, 1.82) is 0 Å². The van der Waals surface area contributed by atoms with Crippen LogP contribution in [0.1, 0.15) is 60.3 Å². The predicted octanol–water partition coefficient (Wildman–Crippen LogP) is 3.83. The van der Waals surface area contributed by atoms with E-state index in [9.17, 15) is 4.79 Å². The molecule has 0 amide bonds. The average Bonchev–Trinajstić information content (AvgIpc) is 2.25. The van der Waals surface area contributed by atoms with E-state index < -0.39 is 0 Å². The molecule has 1 aliphatic carbocycles. The zero-order valence-electron chi connectivity index (χ0n) is 12.1. The van der Waals surface area contributed by atoms with Gasteiger partial charge in [0, 0.05) is 11.8 Å². The summed E-state index contributed by atoms with van der Waals surface area (Å²) in [5.74, 6) is 1.63. The summed E-state index contributed by atoms with van der Waals surface area (Å²) in [5, 5.41) is 0. The Hall–Kier alpha value is -0.370. The van der Waals surface area contributed by atoms with E-state index in [1.165, 1.54) is 0 Å². The van der Waals surface area contributed by atoms with Crippen LogP contribution < -0.4 is 0 Å². The van der Waals surface area contributed by atoms with Gasteiger partial charge in [-0.15, -0.1) is 0 Å². The highest BCUT2D eigenvalue weighted by atomic mass is 16.5. The van der Waals surface area contributed by atoms with Gasteiger partial charge >= 0.3 is 0 Å². The van der Waals surface area contributed by atoms with Crippen LogP contribution in [0.3, 0.4) is 0 Å². The minimum Gasteiger partial charge on any atom is -0.376 e. The van der Waals surface area contributed by atoms with Crippen LogP contribution in [0.15, 0.2) is 0 Å². The molecule has 100 valence electrons. The van der Waals surface area contributed by atoms with Crippen molar-refractivity contribution in [1.82, 2.24) is 0 Å². The molecule has 0 saturated heterocycles. The standard InChI is InChI=1S/C15H28O2/c1-11(2)14(16)13-8-6-12(7-9-13)10-17-15(3,4)5/h11-13H,6-10H2,1-5H3. The van der Waals surface area contributed by atoms with Crippen LogP contribution in [-0.2, 0) is 9.53 Å². The Morgan fingerprint density at radius 2 is 1.71 bits per heavy atom. The molecule has 0 unspecified atom stereocenters. The third kappa shape index (κ3) is 5.20. The number of hydrogen-bond donors (Lipinski definition) is 0. The second kappa shape index (κ2) is 5.99. The first-order valence-corrected chi connectivity index (χ1v) is 6.97. The van der Waals surface area contributed by atoms with Crippen LogP contribution >= 0.6 is 0 Å². The molecule has 1 aliphatic rings. The third-order valence-electron chi connectivity index (χ3n) is 3.57. The Bertz CT molecular complexity index is 242. The lowest BCUT2D eigenvalue weighted by Gasteiger charge is -2.30. The van der Waals surface area contributed by atoms with Crippen molar-refractivity contribution in [2.75, 3.05) is 6.61 Å². The van der Waals surface area contributed by atoms with Crippen molar-refractivity contribution < 1.29 is 9.53 Å². The summed E-state index contributed by atoms with van der Waals surface area (Å²) in [5.41, 5.74) is -0.0371. The normalized spacial score (nSPS) is 26.2. The van der Waals surface area contributed by atoms with Crippen LogP contribution in [0.4, 0.5) is 0 Å². The summed E-state index contributed by atoms with van der Waals surface area (Å²) < 4.78 is 5.83. The maximum absolute atomic E-state index is 11.9. The van der Waals surface area contributed by atoms with E-state index in [0.717, 1.165) is 32.3 Å². The van der Waals surface area contributed by atoms with Crippen LogP contribution in [0.2, 0.25) is 0 Å². The monoisotopic (exact) mass is 240 g/mol. The van der Waals surface area contributed by atoms with E-state index in [4.69, 9.17) is 4.74 Å². The molecule has 0 spiro atoms. The van der Waals surface area contributed by atoms with Crippen molar-refractivity contribution in [3.63, 3.8) is 0 Å². The van der Waals surface area contributed by atoms with Gasteiger partial charge in [-0.05, 0) is 52.4 Å². The van der Waals surface area contributed by atoms with Crippen molar-refractivity contribution in [2.24, 2.45) is 17.8 Å². The van der Waals surface area contributed by atoms with Crippen molar-refractivity contribution in [3.8, 4) is 0 Å². The van der Waals surface area contributed by atoms with Crippen LogP contribution in [-0.4, -0.2) is 18.0 Å². The fourth-order valence-electron chi connectivity index (χ4n) is 2.45. The van der Waals surface area contributed by atoms with E-state index >= 15 is 0 Å². The van der Waals surface area contributed by atoms with Gasteiger partial charge in [0.25, 0.3) is 0 Å². The molecular formula is C15H28O2. The summed E-state index contributed by atoms with van der Waals surface area (Å²) in [4.78, 5) is 11.9. The van der Waals surface area contributed by atoms with E-state index in [2.05, 4.69) is 20.8 Å². The number of carbonyl (C=O) groups is 1. The highest BCUT2D eigenvalue weighted by Gasteiger charge is 2.28.